The number of hydrogen-bond acceptors (Lipinski definition) is 6. The van der Waals surface area contributed by atoms with Crippen LogP contribution >= 0.6 is 11.5 Å². The number of anilines is 1. The molecule has 5 N–H and O–H groups in total. The van der Waals surface area contributed by atoms with Gasteiger partial charge in [0.05, 0.1) is 5.56 Å². The zero-order chi connectivity index (χ0) is 20.1. The second-order valence-electron chi connectivity index (χ2n) is 5.24. The third-order valence-electron chi connectivity index (χ3n) is 3.32. The molecule has 0 unspecified atom stereocenters. The average Bonchev–Trinajstić information content (AvgIpc) is 3.00. The number of aryl methyl sites for hydroxylation is 1. The molecule has 0 spiro atoms. The molecule has 8 nitrogen and oxygen atoms in total. The zero-order valence-corrected chi connectivity index (χ0v) is 14.8. The first kappa shape index (κ1) is 20.5. The summed E-state index contributed by atoms with van der Waals surface area (Å²) >= 11 is 0.595. The first-order valence-electron chi connectivity index (χ1n) is 7.49. The van der Waals surface area contributed by atoms with Crippen molar-refractivity contribution in [1.82, 2.24) is 9.69 Å². The third-order valence-corrected chi connectivity index (χ3v) is 4.07. The van der Waals surface area contributed by atoms with Gasteiger partial charge in [0.15, 0.2) is 17.2 Å². The molecular weight excluding hydrogens is 389 g/mol. The minimum atomic E-state index is -1.48. The number of nitrogens with zero attached hydrogens (tertiary/aromatic N) is 1. The predicted octanol–water partition coefficient (Wildman–Crippen LogP) is 2.23. The second-order valence-corrected chi connectivity index (χ2v) is 6.01. The number of halogens is 3. The molecule has 0 aliphatic heterocycles. The number of hydrogen-bond donors (Lipinski definition) is 4. The Balaban J connectivity index is 2.22. The van der Waals surface area contributed by atoms with Gasteiger partial charge in [-0.05, 0) is 30.1 Å². The van der Waals surface area contributed by atoms with Gasteiger partial charge in [-0.25, -0.2) is 22.8 Å². The molecule has 1 heterocycles. The monoisotopic (exact) mass is 404 g/mol. The predicted molar refractivity (Wildman–Crippen MR) is 90.5 cm³/mol. The Labute approximate surface area is 155 Å². The fourth-order valence-electron chi connectivity index (χ4n) is 2.00. The summed E-state index contributed by atoms with van der Waals surface area (Å²) in [5, 5.41) is 13.8. The lowest BCUT2D eigenvalue weighted by Crippen LogP contribution is -2.33. The van der Waals surface area contributed by atoms with Crippen LogP contribution in [-0.4, -0.2) is 34.6 Å². The van der Waals surface area contributed by atoms with Crippen LogP contribution in [0.2, 0.25) is 0 Å². The lowest BCUT2D eigenvalue weighted by molar-refractivity contribution is 0.0693. The lowest BCUT2D eigenvalue weighted by atomic mass is 10.1. The quantitative estimate of drug-likeness (QED) is 0.524. The van der Waals surface area contributed by atoms with Crippen molar-refractivity contribution in [2.24, 2.45) is 5.73 Å². The molecule has 0 aliphatic carbocycles. The van der Waals surface area contributed by atoms with E-state index in [-0.39, 0.29) is 23.7 Å². The van der Waals surface area contributed by atoms with Crippen LogP contribution in [0, 0.1) is 24.4 Å². The van der Waals surface area contributed by atoms with Crippen LogP contribution in [0.5, 0.6) is 5.88 Å². The van der Waals surface area contributed by atoms with Gasteiger partial charge in [-0.1, -0.05) is 0 Å². The summed E-state index contributed by atoms with van der Waals surface area (Å²) in [6.45, 7) is 0.745. The van der Waals surface area contributed by atoms with Gasteiger partial charge in [-0.15, -0.1) is 0 Å². The molecule has 0 saturated heterocycles. The van der Waals surface area contributed by atoms with E-state index in [0.29, 0.717) is 11.5 Å². The van der Waals surface area contributed by atoms with Gasteiger partial charge >= 0.3 is 12.0 Å². The van der Waals surface area contributed by atoms with Gasteiger partial charge in [0.25, 0.3) is 0 Å². The number of carboxylic acid groups (broad SMARTS) is 1. The Hall–Kier alpha value is -2.86. The Morgan fingerprint density at radius 3 is 2.67 bits per heavy atom. The highest BCUT2D eigenvalue weighted by atomic mass is 32.1. The van der Waals surface area contributed by atoms with E-state index >= 15 is 0 Å². The standard InChI is InChI=1S/C15H15F3N4O4S/c1-6-4-8(16)7(11(18)10(6)17)5-26-12-9(14(23)24)13(27-22-12)21-15(25)20-3-2-19/h4H,2-3,5,19H2,1H3,(H,23,24)(H2,20,21,25). The van der Waals surface area contributed by atoms with E-state index < -0.39 is 53.1 Å². The Morgan fingerprint density at radius 1 is 1.33 bits per heavy atom. The highest BCUT2D eigenvalue weighted by molar-refractivity contribution is 7.11. The van der Waals surface area contributed by atoms with Crippen LogP contribution < -0.4 is 21.1 Å². The summed E-state index contributed by atoms with van der Waals surface area (Å²) in [7, 11) is 0. The minimum Gasteiger partial charge on any atom is -0.477 e. The number of aromatic carboxylic acids is 1. The first-order valence-corrected chi connectivity index (χ1v) is 8.27. The van der Waals surface area contributed by atoms with Gasteiger partial charge in [-0.3, -0.25) is 5.32 Å². The van der Waals surface area contributed by atoms with Crippen LogP contribution in [0.3, 0.4) is 0 Å². The largest absolute Gasteiger partial charge is 0.477 e. The van der Waals surface area contributed by atoms with Crippen molar-refractivity contribution in [2.45, 2.75) is 13.5 Å². The third kappa shape index (κ3) is 4.65. The number of rotatable bonds is 7. The summed E-state index contributed by atoms with van der Waals surface area (Å²) in [5.41, 5.74) is 3.80. The van der Waals surface area contributed by atoms with Gasteiger partial charge in [0.2, 0.25) is 5.88 Å². The van der Waals surface area contributed by atoms with Gasteiger partial charge in [0, 0.05) is 13.1 Å². The molecule has 0 aliphatic rings. The van der Waals surface area contributed by atoms with Crippen LogP contribution in [-0.2, 0) is 6.61 Å². The summed E-state index contributed by atoms with van der Waals surface area (Å²) in [5.74, 6) is -5.66. The highest BCUT2D eigenvalue weighted by Crippen LogP contribution is 2.31. The smallest absolute Gasteiger partial charge is 0.344 e. The van der Waals surface area contributed by atoms with Crippen molar-refractivity contribution in [3.05, 3.63) is 40.2 Å². The number of urea groups is 1. The molecule has 2 rings (SSSR count). The molecule has 1 aromatic carbocycles. The molecule has 12 heteroatoms. The molecule has 0 radical (unpaired) electrons. The molecule has 146 valence electrons. The van der Waals surface area contributed by atoms with E-state index in [9.17, 15) is 27.9 Å². The van der Waals surface area contributed by atoms with E-state index in [0.717, 1.165) is 6.07 Å². The number of amides is 2. The van der Waals surface area contributed by atoms with E-state index in [2.05, 4.69) is 15.0 Å². The summed E-state index contributed by atoms with van der Waals surface area (Å²) < 4.78 is 50.1. The average molecular weight is 404 g/mol. The first-order chi connectivity index (χ1) is 12.8. The maximum absolute atomic E-state index is 13.9. The van der Waals surface area contributed by atoms with Gasteiger partial charge < -0.3 is 20.9 Å². The molecule has 0 saturated carbocycles. The van der Waals surface area contributed by atoms with Crippen molar-refractivity contribution in [3.8, 4) is 5.88 Å². The second kappa shape index (κ2) is 8.68. The number of nitrogens with one attached hydrogen (secondary N) is 2. The Kier molecular flexibility index (Phi) is 6.58. The van der Waals surface area contributed by atoms with E-state index in [1.807, 2.05) is 0 Å². The molecule has 0 bridgehead atoms. The summed E-state index contributed by atoms with van der Waals surface area (Å²) in [6, 6.07) is 0.0845. The van der Waals surface area contributed by atoms with Crippen LogP contribution in [0.25, 0.3) is 0 Å². The summed E-state index contributed by atoms with van der Waals surface area (Å²) in [6.07, 6.45) is 0. The molecular formula is C15H15F3N4O4S. The number of carbonyl (C=O) groups is 2. The number of carbonyl (C=O) groups excluding carboxylic acids is 1. The summed E-state index contributed by atoms with van der Waals surface area (Å²) in [4.78, 5) is 23.1. The van der Waals surface area contributed by atoms with E-state index in [1.165, 1.54) is 6.92 Å². The maximum atomic E-state index is 13.9. The molecule has 27 heavy (non-hydrogen) atoms. The Bertz CT molecular complexity index is 875. The van der Waals surface area contributed by atoms with Gasteiger partial charge in [-0.2, -0.15) is 4.37 Å². The van der Waals surface area contributed by atoms with Crippen molar-refractivity contribution < 1.29 is 32.6 Å². The number of aromatic nitrogens is 1. The SMILES string of the molecule is Cc1cc(F)c(COc2nsc(NC(=O)NCCN)c2C(=O)O)c(F)c1F. The normalized spacial score (nSPS) is 10.6. The zero-order valence-electron chi connectivity index (χ0n) is 13.9. The molecule has 1 aromatic heterocycles. The maximum Gasteiger partial charge on any atom is 0.344 e. The van der Waals surface area contributed by atoms with Crippen molar-refractivity contribution in [1.29, 1.82) is 0 Å². The van der Waals surface area contributed by atoms with Crippen LogP contribution in [0.1, 0.15) is 21.5 Å². The Morgan fingerprint density at radius 2 is 2.04 bits per heavy atom. The fourth-order valence-corrected chi connectivity index (χ4v) is 2.73. The highest BCUT2D eigenvalue weighted by Gasteiger charge is 2.25. The minimum absolute atomic E-state index is 0.150. The molecule has 2 aromatic rings. The number of ether oxygens (including phenoxy) is 1. The molecule has 2 amide bonds. The number of nitrogens with two attached hydrogens (primary N) is 1. The van der Waals surface area contributed by atoms with Crippen LogP contribution in [0.15, 0.2) is 6.07 Å². The molecule has 0 atom stereocenters. The van der Waals surface area contributed by atoms with Crippen LogP contribution in [0.4, 0.5) is 23.0 Å². The van der Waals surface area contributed by atoms with E-state index in [1.54, 1.807) is 0 Å². The van der Waals surface area contributed by atoms with Crippen molar-refractivity contribution in [3.63, 3.8) is 0 Å². The van der Waals surface area contributed by atoms with Gasteiger partial charge in [0.1, 0.15) is 17.4 Å². The lowest BCUT2D eigenvalue weighted by Gasteiger charge is -2.09. The topological polar surface area (TPSA) is 127 Å². The number of benzene rings is 1. The van der Waals surface area contributed by atoms with Crippen molar-refractivity contribution >= 4 is 28.5 Å². The number of carboxylic acids is 1. The fraction of sp³-hybridized carbons (Fsp3) is 0.267. The molecule has 0 fully saturated rings. The van der Waals surface area contributed by atoms with E-state index in [4.69, 9.17) is 10.5 Å². The van der Waals surface area contributed by atoms with Crippen molar-refractivity contribution in [2.75, 3.05) is 18.4 Å².